The normalized spacial score (nSPS) is 17.1. The molecule has 1 amide bonds. The van der Waals surface area contributed by atoms with E-state index in [-0.39, 0.29) is 11.7 Å². The molecule has 1 aromatic heterocycles. The van der Waals surface area contributed by atoms with Gasteiger partial charge in [-0.2, -0.15) is 10.4 Å². The van der Waals surface area contributed by atoms with Crippen LogP contribution in [0, 0.1) is 17.2 Å². The van der Waals surface area contributed by atoms with Crippen molar-refractivity contribution in [3.8, 4) is 6.07 Å². The predicted octanol–water partition coefficient (Wildman–Crippen LogP) is 2.66. The molecule has 162 valence electrons. The molecule has 0 spiro atoms. The molecule has 0 radical (unpaired) electrons. The van der Waals surface area contributed by atoms with Crippen molar-refractivity contribution in [2.75, 3.05) is 5.32 Å². The fraction of sp³-hybridized carbons (Fsp3) is 0.154. The minimum absolute atomic E-state index is 0.0493. The first kappa shape index (κ1) is 20.5. The Balaban J connectivity index is 1.60. The highest BCUT2D eigenvalue weighted by molar-refractivity contribution is 6.15. The number of anilines is 1. The molecule has 0 saturated carbocycles. The Morgan fingerprint density at radius 2 is 1.97 bits per heavy atom. The van der Waals surface area contributed by atoms with E-state index in [0.717, 1.165) is 17.3 Å². The Bertz CT molecular complexity index is 1410. The third-order valence-electron chi connectivity index (χ3n) is 5.69. The lowest BCUT2D eigenvalue weighted by molar-refractivity contribution is -0.117. The molecular formula is C26H20N4O3. The molecule has 5 rings (SSSR count). The van der Waals surface area contributed by atoms with Gasteiger partial charge in [-0.05, 0) is 31.1 Å². The maximum atomic E-state index is 13.4. The van der Waals surface area contributed by atoms with E-state index in [9.17, 15) is 14.9 Å². The van der Waals surface area contributed by atoms with E-state index in [0.29, 0.717) is 23.1 Å². The lowest BCUT2D eigenvalue weighted by Gasteiger charge is -2.18. The van der Waals surface area contributed by atoms with E-state index < -0.39 is 17.6 Å². The number of hydrogen-bond donors (Lipinski definition) is 1. The quantitative estimate of drug-likeness (QED) is 0.442. The molecule has 1 aliphatic heterocycles. The van der Waals surface area contributed by atoms with Gasteiger partial charge in [0.25, 0.3) is 0 Å². The summed E-state index contributed by atoms with van der Waals surface area (Å²) in [6.07, 6.45) is 16.9. The topological polar surface area (TPSA) is 97.0 Å². The molecule has 33 heavy (non-hydrogen) atoms. The van der Waals surface area contributed by atoms with Gasteiger partial charge < -0.3 is 10.1 Å². The Hall–Kier alpha value is -4.44. The van der Waals surface area contributed by atoms with E-state index >= 15 is 0 Å². The summed E-state index contributed by atoms with van der Waals surface area (Å²) < 4.78 is 7.57. The van der Waals surface area contributed by atoms with Gasteiger partial charge in [-0.1, -0.05) is 54.7 Å². The molecule has 1 aromatic carbocycles. The molecule has 2 aliphatic carbocycles. The van der Waals surface area contributed by atoms with Gasteiger partial charge in [0, 0.05) is 11.3 Å². The first-order chi connectivity index (χ1) is 16.2. The Kier molecular flexibility index (Phi) is 5.33. The zero-order chi connectivity index (χ0) is 22.8. The summed E-state index contributed by atoms with van der Waals surface area (Å²) in [5.41, 5.74) is 1.47. The molecule has 0 bridgehead atoms. The van der Waals surface area contributed by atoms with Crippen molar-refractivity contribution in [3.05, 3.63) is 94.9 Å². The van der Waals surface area contributed by atoms with Crippen LogP contribution in [0.1, 0.15) is 29.4 Å². The summed E-state index contributed by atoms with van der Waals surface area (Å²) in [5.74, 6) is -2.20. The van der Waals surface area contributed by atoms with Crippen molar-refractivity contribution in [2.24, 2.45) is 5.92 Å². The zero-order valence-electron chi connectivity index (χ0n) is 17.6. The number of carbonyl (C=O) groups excluding carboxylic acids is 2. The zero-order valence-corrected chi connectivity index (χ0v) is 17.6. The standard InChI is InChI=1S/C26H20N4O3/c27-15-20(26(32)28-17-9-3-1-4-10-17)25(31)23-21-16-33-22-14-8-7-13-19(22)24(21)30(29-23)18-11-5-2-6-12-18/h1,3-12,14,16,18,20H,2,13H2,(H,28,32). The number of fused-ring (bicyclic) bond motifs is 2. The maximum Gasteiger partial charge on any atom is 0.249 e. The first-order valence-electron chi connectivity index (χ1n) is 10.7. The molecule has 1 N–H and O–H groups in total. The van der Waals surface area contributed by atoms with E-state index in [2.05, 4.69) is 10.4 Å². The number of ketones is 1. The van der Waals surface area contributed by atoms with E-state index in [1.165, 1.54) is 6.26 Å². The molecular weight excluding hydrogens is 416 g/mol. The van der Waals surface area contributed by atoms with Crippen molar-refractivity contribution in [1.29, 1.82) is 5.26 Å². The van der Waals surface area contributed by atoms with Gasteiger partial charge in [-0.3, -0.25) is 14.3 Å². The third-order valence-corrected chi connectivity index (χ3v) is 5.69. The molecule has 1 atom stereocenters. The monoisotopic (exact) mass is 436 g/mol. The number of ether oxygens (including phenoxy) is 1. The Morgan fingerprint density at radius 1 is 1.18 bits per heavy atom. The lowest BCUT2D eigenvalue weighted by Crippen LogP contribution is -2.39. The third kappa shape index (κ3) is 3.72. The van der Waals surface area contributed by atoms with Gasteiger partial charge in [-0.25, -0.2) is 0 Å². The highest BCUT2D eigenvalue weighted by atomic mass is 16.5. The number of nitrogens with one attached hydrogen (secondary N) is 1. The number of carbonyl (C=O) groups is 2. The van der Waals surface area contributed by atoms with Crippen LogP contribution in [0.4, 0.5) is 5.69 Å². The van der Waals surface area contributed by atoms with Crippen molar-refractivity contribution in [2.45, 2.75) is 18.9 Å². The van der Waals surface area contributed by atoms with Crippen LogP contribution in [0.5, 0.6) is 0 Å². The summed E-state index contributed by atoms with van der Waals surface area (Å²) in [6.45, 7) is 0. The van der Waals surface area contributed by atoms with Crippen LogP contribution in [0.3, 0.4) is 0 Å². The SMILES string of the molecule is N#CC(C(=O)Nc1ccccc1)C(=O)c1nn(C2C=CCC=C2)c2c1=COC1=CC=CCC=21. The van der Waals surface area contributed by atoms with Gasteiger partial charge in [0.1, 0.15) is 17.7 Å². The molecule has 2 aromatic rings. The number of para-hydroxylation sites is 1. The molecule has 7 heteroatoms. The molecule has 3 aliphatic rings. The van der Waals surface area contributed by atoms with Crippen LogP contribution < -0.4 is 15.9 Å². The van der Waals surface area contributed by atoms with Crippen LogP contribution in [0.25, 0.3) is 11.8 Å². The average Bonchev–Trinajstić information content (AvgIpc) is 3.26. The second-order valence-electron chi connectivity index (χ2n) is 7.80. The number of hydrogen-bond acceptors (Lipinski definition) is 5. The number of aromatic nitrogens is 2. The first-order valence-corrected chi connectivity index (χ1v) is 10.7. The maximum absolute atomic E-state index is 13.4. The molecule has 7 nitrogen and oxygen atoms in total. The fourth-order valence-electron chi connectivity index (χ4n) is 4.10. The van der Waals surface area contributed by atoms with Crippen LogP contribution in [-0.2, 0) is 9.53 Å². The average molecular weight is 436 g/mol. The van der Waals surface area contributed by atoms with Crippen molar-refractivity contribution in [3.63, 3.8) is 0 Å². The Morgan fingerprint density at radius 3 is 2.73 bits per heavy atom. The van der Waals surface area contributed by atoms with Gasteiger partial charge in [0.2, 0.25) is 11.7 Å². The second-order valence-corrected chi connectivity index (χ2v) is 7.80. The molecule has 2 heterocycles. The number of Topliss-reactive ketones (excluding diaryl/α,β-unsaturated/α-hetero) is 1. The number of amides is 1. The summed E-state index contributed by atoms with van der Waals surface area (Å²) >= 11 is 0. The summed E-state index contributed by atoms with van der Waals surface area (Å²) in [5, 5.41) is 18.2. The number of nitrogens with zero attached hydrogens (tertiary/aromatic N) is 3. The van der Waals surface area contributed by atoms with Crippen LogP contribution >= 0.6 is 0 Å². The Labute approximate surface area is 190 Å². The van der Waals surface area contributed by atoms with Gasteiger partial charge in [-0.15, -0.1) is 0 Å². The highest BCUT2D eigenvalue weighted by Gasteiger charge is 2.33. The van der Waals surface area contributed by atoms with Crippen molar-refractivity contribution >= 4 is 29.2 Å². The lowest BCUT2D eigenvalue weighted by atomic mass is 9.98. The summed E-state index contributed by atoms with van der Waals surface area (Å²) in [6, 6.07) is 10.4. The molecule has 0 fully saturated rings. The van der Waals surface area contributed by atoms with Crippen LogP contribution in [0.2, 0.25) is 0 Å². The number of rotatable bonds is 5. The smallest absolute Gasteiger partial charge is 0.249 e. The minimum atomic E-state index is -1.54. The van der Waals surface area contributed by atoms with Crippen molar-refractivity contribution in [1.82, 2.24) is 9.78 Å². The minimum Gasteiger partial charge on any atom is -0.464 e. The molecule has 1 unspecified atom stereocenters. The largest absolute Gasteiger partial charge is 0.464 e. The van der Waals surface area contributed by atoms with E-state index in [1.54, 1.807) is 28.9 Å². The van der Waals surface area contributed by atoms with Gasteiger partial charge in [0.05, 0.1) is 22.7 Å². The van der Waals surface area contributed by atoms with Crippen LogP contribution in [0.15, 0.2) is 78.6 Å². The van der Waals surface area contributed by atoms with E-state index in [4.69, 9.17) is 4.74 Å². The molecule has 0 saturated heterocycles. The second kappa shape index (κ2) is 8.60. The van der Waals surface area contributed by atoms with Gasteiger partial charge in [0.15, 0.2) is 5.92 Å². The van der Waals surface area contributed by atoms with Crippen molar-refractivity contribution < 1.29 is 14.3 Å². The highest BCUT2D eigenvalue weighted by Crippen LogP contribution is 2.24. The van der Waals surface area contributed by atoms with Gasteiger partial charge >= 0.3 is 0 Å². The fourth-order valence-corrected chi connectivity index (χ4v) is 4.10. The summed E-state index contributed by atoms with van der Waals surface area (Å²) in [7, 11) is 0. The number of allylic oxidation sites excluding steroid dienone is 8. The summed E-state index contributed by atoms with van der Waals surface area (Å²) in [4.78, 5) is 26.2. The predicted molar refractivity (Wildman–Crippen MR) is 123 cm³/mol. The van der Waals surface area contributed by atoms with E-state index in [1.807, 2.05) is 54.7 Å². The number of benzene rings is 1. The van der Waals surface area contributed by atoms with Crippen LogP contribution in [-0.4, -0.2) is 21.5 Å². The number of nitriles is 1.